The van der Waals surface area contributed by atoms with Crippen LogP contribution < -0.4 is 10.5 Å². The van der Waals surface area contributed by atoms with E-state index in [1.54, 1.807) is 18.7 Å². The maximum Gasteiger partial charge on any atom is 0.244 e. The minimum atomic E-state index is -4.14. The van der Waals surface area contributed by atoms with Crippen molar-refractivity contribution in [2.75, 3.05) is 13.1 Å². The fraction of sp³-hybridized carbons (Fsp3) is 0.611. The Morgan fingerprint density at radius 2 is 1.96 bits per heavy atom. The topological polar surface area (TPSA) is 92.5 Å². The standard InChI is InChI=1S/C18H26FN3O3S/c1-11(2)17(21-26(24,25)16-6-4-3-5-14(16)19)18(23)22-9-12-7-8-15(20)13(12)10-22/h3-6,11-13,15,17,21H,7-10,20H2,1-2H3. The first kappa shape index (κ1) is 19.3. The van der Waals surface area contributed by atoms with Gasteiger partial charge in [0, 0.05) is 19.1 Å². The quantitative estimate of drug-likeness (QED) is 0.802. The van der Waals surface area contributed by atoms with E-state index in [9.17, 15) is 17.6 Å². The molecule has 6 nitrogen and oxygen atoms in total. The molecule has 2 aliphatic rings. The summed E-state index contributed by atoms with van der Waals surface area (Å²) in [5.74, 6) is -0.684. The van der Waals surface area contributed by atoms with Gasteiger partial charge >= 0.3 is 0 Å². The molecule has 2 fully saturated rings. The molecule has 1 aliphatic carbocycles. The molecular formula is C18H26FN3O3S. The Morgan fingerprint density at radius 3 is 2.58 bits per heavy atom. The van der Waals surface area contributed by atoms with Crippen LogP contribution in [0.2, 0.25) is 0 Å². The molecule has 144 valence electrons. The summed E-state index contributed by atoms with van der Waals surface area (Å²) < 4.78 is 41.5. The Bertz CT molecular complexity index is 784. The van der Waals surface area contributed by atoms with Crippen molar-refractivity contribution in [2.24, 2.45) is 23.5 Å². The summed E-state index contributed by atoms with van der Waals surface area (Å²) in [6.07, 6.45) is 1.98. The fourth-order valence-electron chi connectivity index (χ4n) is 4.05. The Labute approximate surface area is 154 Å². The molecule has 0 bridgehead atoms. The lowest BCUT2D eigenvalue weighted by molar-refractivity contribution is -0.133. The van der Waals surface area contributed by atoms with E-state index in [0.29, 0.717) is 19.0 Å². The number of benzene rings is 1. The monoisotopic (exact) mass is 383 g/mol. The summed E-state index contributed by atoms with van der Waals surface area (Å²) >= 11 is 0. The van der Waals surface area contributed by atoms with Gasteiger partial charge in [0.2, 0.25) is 15.9 Å². The molecule has 1 aromatic rings. The molecule has 8 heteroatoms. The van der Waals surface area contributed by atoms with Crippen LogP contribution in [0.15, 0.2) is 29.2 Å². The SMILES string of the molecule is CC(C)C(NS(=O)(=O)c1ccccc1F)C(=O)N1CC2CCC(N)C2C1. The Morgan fingerprint density at radius 1 is 1.27 bits per heavy atom. The number of nitrogens with two attached hydrogens (primary N) is 1. The van der Waals surface area contributed by atoms with Gasteiger partial charge in [0.15, 0.2) is 0 Å². The van der Waals surface area contributed by atoms with Gasteiger partial charge in [0.1, 0.15) is 16.8 Å². The summed E-state index contributed by atoms with van der Waals surface area (Å²) in [5, 5.41) is 0. The number of nitrogens with zero attached hydrogens (tertiary/aromatic N) is 1. The largest absolute Gasteiger partial charge is 0.341 e. The average Bonchev–Trinajstić information content (AvgIpc) is 3.14. The molecule has 1 aliphatic heterocycles. The van der Waals surface area contributed by atoms with Crippen LogP contribution >= 0.6 is 0 Å². The van der Waals surface area contributed by atoms with Crippen molar-refractivity contribution in [1.29, 1.82) is 0 Å². The lowest BCUT2D eigenvalue weighted by atomic mass is 9.98. The van der Waals surface area contributed by atoms with Gasteiger partial charge in [-0.15, -0.1) is 0 Å². The normalized spacial score (nSPS) is 27.0. The number of halogens is 1. The first-order chi connectivity index (χ1) is 12.2. The van der Waals surface area contributed by atoms with Crippen molar-refractivity contribution >= 4 is 15.9 Å². The van der Waals surface area contributed by atoms with Crippen molar-refractivity contribution in [3.63, 3.8) is 0 Å². The first-order valence-electron chi connectivity index (χ1n) is 9.02. The van der Waals surface area contributed by atoms with Gasteiger partial charge in [-0.05, 0) is 42.7 Å². The van der Waals surface area contributed by atoms with Crippen LogP contribution in [0, 0.1) is 23.6 Å². The zero-order valence-electron chi connectivity index (χ0n) is 15.1. The van der Waals surface area contributed by atoms with E-state index in [0.717, 1.165) is 18.9 Å². The van der Waals surface area contributed by atoms with E-state index >= 15 is 0 Å². The molecule has 1 saturated heterocycles. The number of rotatable bonds is 5. The molecule has 3 rings (SSSR count). The number of fused-ring (bicyclic) bond motifs is 1. The number of carbonyl (C=O) groups excluding carboxylic acids is 1. The third kappa shape index (κ3) is 3.63. The van der Waals surface area contributed by atoms with Crippen molar-refractivity contribution in [3.8, 4) is 0 Å². The van der Waals surface area contributed by atoms with Crippen molar-refractivity contribution in [1.82, 2.24) is 9.62 Å². The van der Waals surface area contributed by atoms with Crippen molar-refractivity contribution in [3.05, 3.63) is 30.1 Å². The molecule has 0 aromatic heterocycles. The minimum Gasteiger partial charge on any atom is -0.341 e. The summed E-state index contributed by atoms with van der Waals surface area (Å²) in [5.41, 5.74) is 6.12. The highest BCUT2D eigenvalue weighted by molar-refractivity contribution is 7.89. The van der Waals surface area contributed by atoms with Crippen LogP contribution in [0.25, 0.3) is 0 Å². The second-order valence-corrected chi connectivity index (χ2v) is 9.36. The van der Waals surface area contributed by atoms with E-state index < -0.39 is 26.8 Å². The zero-order chi connectivity index (χ0) is 19.1. The Hall–Kier alpha value is -1.51. The van der Waals surface area contributed by atoms with Crippen LogP contribution in [-0.2, 0) is 14.8 Å². The molecule has 4 atom stereocenters. The molecule has 1 heterocycles. The van der Waals surface area contributed by atoms with Gasteiger partial charge in [-0.3, -0.25) is 4.79 Å². The van der Waals surface area contributed by atoms with Crippen LogP contribution in [0.4, 0.5) is 4.39 Å². The maximum atomic E-state index is 13.9. The lowest BCUT2D eigenvalue weighted by Gasteiger charge is -2.27. The number of hydrogen-bond donors (Lipinski definition) is 2. The summed E-state index contributed by atoms with van der Waals surface area (Å²) in [7, 11) is -4.14. The molecule has 3 N–H and O–H groups in total. The second-order valence-electron chi connectivity index (χ2n) is 7.68. The van der Waals surface area contributed by atoms with Crippen LogP contribution in [0.3, 0.4) is 0 Å². The maximum absolute atomic E-state index is 13.9. The van der Waals surface area contributed by atoms with Crippen LogP contribution in [0.1, 0.15) is 26.7 Å². The number of amides is 1. The van der Waals surface area contributed by atoms with Gasteiger partial charge in [0.05, 0.1) is 0 Å². The lowest BCUT2D eigenvalue weighted by Crippen LogP contribution is -2.51. The molecule has 1 saturated carbocycles. The number of hydrogen-bond acceptors (Lipinski definition) is 4. The molecule has 4 unspecified atom stereocenters. The fourth-order valence-corrected chi connectivity index (χ4v) is 5.47. The van der Waals surface area contributed by atoms with Gasteiger partial charge in [-0.2, -0.15) is 4.72 Å². The third-order valence-electron chi connectivity index (χ3n) is 5.57. The summed E-state index contributed by atoms with van der Waals surface area (Å²) in [4.78, 5) is 14.2. The van der Waals surface area contributed by atoms with Crippen LogP contribution in [-0.4, -0.2) is 44.4 Å². The molecule has 0 spiro atoms. The number of likely N-dealkylation sites (tertiary alicyclic amines) is 1. The van der Waals surface area contributed by atoms with E-state index in [4.69, 9.17) is 5.73 Å². The number of carbonyl (C=O) groups is 1. The second kappa shape index (κ2) is 7.25. The molecule has 0 radical (unpaired) electrons. The molecular weight excluding hydrogens is 357 g/mol. The van der Waals surface area contributed by atoms with Gasteiger partial charge in [-0.25, -0.2) is 12.8 Å². The van der Waals surface area contributed by atoms with E-state index in [-0.39, 0.29) is 23.8 Å². The van der Waals surface area contributed by atoms with Crippen LogP contribution in [0.5, 0.6) is 0 Å². The molecule has 1 amide bonds. The highest BCUT2D eigenvalue weighted by Crippen LogP contribution is 2.37. The van der Waals surface area contributed by atoms with E-state index in [1.807, 2.05) is 0 Å². The highest BCUT2D eigenvalue weighted by Gasteiger charge is 2.44. The summed E-state index contributed by atoms with van der Waals surface area (Å²) in [6, 6.07) is 4.32. The van der Waals surface area contributed by atoms with E-state index in [2.05, 4.69) is 4.72 Å². The Kier molecular flexibility index (Phi) is 5.37. The predicted molar refractivity (Wildman–Crippen MR) is 96.1 cm³/mol. The first-order valence-corrected chi connectivity index (χ1v) is 10.5. The van der Waals surface area contributed by atoms with Gasteiger partial charge in [0.25, 0.3) is 0 Å². The van der Waals surface area contributed by atoms with Gasteiger partial charge < -0.3 is 10.6 Å². The smallest absolute Gasteiger partial charge is 0.244 e. The summed E-state index contributed by atoms with van der Waals surface area (Å²) in [6.45, 7) is 4.72. The minimum absolute atomic E-state index is 0.102. The number of nitrogens with one attached hydrogen (secondary N) is 1. The number of sulfonamides is 1. The molecule has 1 aromatic carbocycles. The zero-order valence-corrected chi connectivity index (χ0v) is 15.9. The van der Waals surface area contributed by atoms with Gasteiger partial charge in [-0.1, -0.05) is 26.0 Å². The van der Waals surface area contributed by atoms with Crippen molar-refractivity contribution < 1.29 is 17.6 Å². The predicted octanol–water partition coefficient (Wildman–Crippen LogP) is 1.32. The third-order valence-corrected chi connectivity index (χ3v) is 7.04. The highest BCUT2D eigenvalue weighted by atomic mass is 32.2. The average molecular weight is 383 g/mol. The van der Waals surface area contributed by atoms with Crippen molar-refractivity contribution in [2.45, 2.75) is 43.7 Å². The Balaban J connectivity index is 1.77. The molecule has 26 heavy (non-hydrogen) atoms. The van der Waals surface area contributed by atoms with E-state index in [1.165, 1.54) is 18.2 Å².